The van der Waals surface area contributed by atoms with Crippen LogP contribution in [-0.4, -0.2) is 21.6 Å². The molecule has 1 aromatic carbocycles. The van der Waals surface area contributed by atoms with E-state index in [1.54, 1.807) is 29.5 Å². The lowest BCUT2D eigenvalue weighted by Gasteiger charge is -2.08. The van der Waals surface area contributed by atoms with Crippen LogP contribution >= 0.6 is 46.3 Å². The summed E-state index contributed by atoms with van der Waals surface area (Å²) in [6, 6.07) is 5.07. The summed E-state index contributed by atoms with van der Waals surface area (Å²) in [4.78, 5) is 22.9. The molecule has 0 spiro atoms. The third-order valence-corrected chi connectivity index (χ3v) is 6.36. The van der Waals surface area contributed by atoms with E-state index in [4.69, 9.17) is 28.9 Å². The van der Waals surface area contributed by atoms with E-state index in [0.717, 1.165) is 20.7 Å². The minimum Gasteiger partial charge on any atom is -0.383 e. The Morgan fingerprint density at radius 3 is 2.84 bits per heavy atom. The molecule has 0 aliphatic heterocycles. The van der Waals surface area contributed by atoms with E-state index in [9.17, 15) is 4.79 Å². The van der Waals surface area contributed by atoms with Gasteiger partial charge in [-0.1, -0.05) is 41.0 Å². The summed E-state index contributed by atoms with van der Waals surface area (Å²) in [7, 11) is 0. The number of nitrogens with one attached hydrogen (secondary N) is 1. The standard InChI is InChI=1S/C16H14Cl2N4OS2/c1-7-8(2)25-15-12(7)14(19)21-16(22-15)24-6-11(23)20-10-5-3-4-9(17)13(10)18/h3-5H,6H2,1-2H3,(H,20,23)(H2,19,21,22). The molecular weight excluding hydrogens is 399 g/mol. The van der Waals surface area contributed by atoms with Gasteiger partial charge < -0.3 is 11.1 Å². The third kappa shape index (κ3) is 3.84. The molecule has 130 valence electrons. The van der Waals surface area contributed by atoms with Gasteiger partial charge in [-0.15, -0.1) is 11.3 Å². The monoisotopic (exact) mass is 412 g/mol. The van der Waals surface area contributed by atoms with Gasteiger partial charge in [0, 0.05) is 4.88 Å². The van der Waals surface area contributed by atoms with Gasteiger partial charge in [0.1, 0.15) is 10.6 Å². The van der Waals surface area contributed by atoms with E-state index in [1.807, 2.05) is 13.8 Å². The molecule has 0 atom stereocenters. The van der Waals surface area contributed by atoms with E-state index >= 15 is 0 Å². The van der Waals surface area contributed by atoms with Gasteiger partial charge >= 0.3 is 0 Å². The van der Waals surface area contributed by atoms with Crippen molar-refractivity contribution in [3.8, 4) is 0 Å². The molecule has 9 heteroatoms. The Morgan fingerprint density at radius 2 is 2.08 bits per heavy atom. The van der Waals surface area contributed by atoms with Crippen molar-refractivity contribution in [2.75, 3.05) is 16.8 Å². The van der Waals surface area contributed by atoms with Gasteiger partial charge in [0.15, 0.2) is 5.16 Å². The van der Waals surface area contributed by atoms with Gasteiger partial charge in [-0.2, -0.15) is 0 Å². The van der Waals surface area contributed by atoms with Crippen LogP contribution in [0.3, 0.4) is 0 Å². The van der Waals surface area contributed by atoms with E-state index in [-0.39, 0.29) is 11.7 Å². The van der Waals surface area contributed by atoms with Gasteiger partial charge in [0.25, 0.3) is 0 Å². The van der Waals surface area contributed by atoms with Crippen LogP contribution in [0.2, 0.25) is 10.0 Å². The largest absolute Gasteiger partial charge is 0.383 e. The van der Waals surface area contributed by atoms with Gasteiger partial charge in [0.2, 0.25) is 5.91 Å². The number of hydrogen-bond acceptors (Lipinski definition) is 6. The van der Waals surface area contributed by atoms with Crippen LogP contribution in [0.25, 0.3) is 10.2 Å². The van der Waals surface area contributed by atoms with Crippen LogP contribution < -0.4 is 11.1 Å². The smallest absolute Gasteiger partial charge is 0.234 e. The minimum atomic E-state index is -0.227. The lowest BCUT2D eigenvalue weighted by atomic mass is 10.2. The molecule has 0 bridgehead atoms. The molecule has 0 aliphatic rings. The van der Waals surface area contributed by atoms with E-state index in [0.29, 0.717) is 26.7 Å². The van der Waals surface area contributed by atoms with Crippen molar-refractivity contribution in [2.24, 2.45) is 0 Å². The second-order valence-electron chi connectivity index (χ2n) is 5.29. The molecule has 0 saturated carbocycles. The van der Waals surface area contributed by atoms with E-state index < -0.39 is 0 Å². The Bertz CT molecular complexity index is 974. The number of carbonyl (C=O) groups excluding carboxylic acids is 1. The molecule has 0 saturated heterocycles. The fourth-order valence-corrected chi connectivity index (χ4v) is 4.34. The summed E-state index contributed by atoms with van der Waals surface area (Å²) in [6.07, 6.45) is 0. The van der Waals surface area contributed by atoms with Crippen molar-refractivity contribution in [1.29, 1.82) is 0 Å². The van der Waals surface area contributed by atoms with Gasteiger partial charge in [-0.3, -0.25) is 4.79 Å². The number of amides is 1. The molecular formula is C16H14Cl2N4OS2. The maximum Gasteiger partial charge on any atom is 0.234 e. The summed E-state index contributed by atoms with van der Waals surface area (Å²) >= 11 is 14.8. The molecule has 1 amide bonds. The second-order valence-corrected chi connectivity index (χ2v) is 8.22. The number of thiophene rings is 1. The summed E-state index contributed by atoms with van der Waals surface area (Å²) in [5.41, 5.74) is 7.62. The lowest BCUT2D eigenvalue weighted by Crippen LogP contribution is -2.14. The number of thioether (sulfide) groups is 1. The molecule has 2 aromatic heterocycles. The molecule has 0 unspecified atom stereocenters. The number of benzene rings is 1. The van der Waals surface area contributed by atoms with Crippen molar-refractivity contribution < 1.29 is 4.79 Å². The molecule has 25 heavy (non-hydrogen) atoms. The normalized spacial score (nSPS) is 11.0. The predicted octanol–water partition coefficient (Wildman–Crippen LogP) is 4.93. The number of carbonyl (C=O) groups is 1. The van der Waals surface area contributed by atoms with Crippen molar-refractivity contribution in [3.63, 3.8) is 0 Å². The molecule has 3 aromatic rings. The number of nitrogens with two attached hydrogens (primary N) is 1. The predicted molar refractivity (Wildman–Crippen MR) is 107 cm³/mol. The number of hydrogen-bond donors (Lipinski definition) is 2. The van der Waals surface area contributed by atoms with Crippen molar-refractivity contribution in [2.45, 2.75) is 19.0 Å². The highest BCUT2D eigenvalue weighted by Crippen LogP contribution is 2.33. The molecule has 2 heterocycles. The maximum atomic E-state index is 12.1. The summed E-state index contributed by atoms with van der Waals surface area (Å²) in [6.45, 7) is 4.03. The summed E-state index contributed by atoms with van der Waals surface area (Å²) < 4.78 is 0. The van der Waals surface area contributed by atoms with Crippen molar-refractivity contribution in [1.82, 2.24) is 9.97 Å². The molecule has 3 rings (SSSR count). The quantitative estimate of drug-likeness (QED) is 0.468. The number of nitrogens with zero attached hydrogens (tertiary/aromatic N) is 2. The van der Waals surface area contributed by atoms with Crippen LogP contribution in [0.4, 0.5) is 11.5 Å². The Labute approximate surface area is 162 Å². The fraction of sp³-hybridized carbons (Fsp3) is 0.188. The molecule has 0 fully saturated rings. The Hall–Kier alpha value is -1.54. The van der Waals surface area contributed by atoms with Crippen molar-refractivity contribution >= 4 is 73.9 Å². The van der Waals surface area contributed by atoms with Crippen molar-refractivity contribution in [3.05, 3.63) is 38.7 Å². The van der Waals surface area contributed by atoms with Crippen LogP contribution in [0.5, 0.6) is 0 Å². The van der Waals surface area contributed by atoms with Gasteiger partial charge in [-0.05, 0) is 31.5 Å². The van der Waals surface area contributed by atoms with Gasteiger partial charge in [-0.25, -0.2) is 9.97 Å². The Kier molecular flexibility index (Phi) is 5.38. The number of aromatic nitrogens is 2. The highest BCUT2D eigenvalue weighted by atomic mass is 35.5. The SMILES string of the molecule is Cc1sc2nc(SCC(=O)Nc3cccc(Cl)c3Cl)nc(N)c2c1C. The molecule has 0 aliphatic carbocycles. The second kappa shape index (κ2) is 7.37. The maximum absolute atomic E-state index is 12.1. The third-order valence-electron chi connectivity index (χ3n) is 3.59. The highest BCUT2D eigenvalue weighted by molar-refractivity contribution is 7.99. The number of anilines is 2. The fourth-order valence-electron chi connectivity index (χ4n) is 2.24. The number of rotatable bonds is 4. The molecule has 0 radical (unpaired) electrons. The van der Waals surface area contributed by atoms with Crippen LogP contribution in [-0.2, 0) is 4.79 Å². The zero-order valence-corrected chi connectivity index (χ0v) is 16.5. The topological polar surface area (TPSA) is 80.9 Å². The summed E-state index contributed by atoms with van der Waals surface area (Å²) in [5.74, 6) is 0.347. The first-order valence-corrected chi connectivity index (χ1v) is 9.82. The Morgan fingerprint density at radius 1 is 1.32 bits per heavy atom. The average molecular weight is 413 g/mol. The van der Waals surface area contributed by atoms with Crippen LogP contribution in [0.1, 0.15) is 10.4 Å². The van der Waals surface area contributed by atoms with Crippen LogP contribution in [0, 0.1) is 13.8 Å². The number of fused-ring (bicyclic) bond motifs is 1. The number of halogens is 2. The first-order valence-electron chi connectivity index (χ1n) is 7.26. The number of nitrogen functional groups attached to an aromatic ring is 1. The zero-order chi connectivity index (χ0) is 18.1. The van der Waals surface area contributed by atoms with E-state index in [1.165, 1.54) is 11.8 Å². The first kappa shape index (κ1) is 18.3. The first-order chi connectivity index (χ1) is 11.9. The summed E-state index contributed by atoms with van der Waals surface area (Å²) in [5, 5.41) is 4.79. The molecule has 3 N–H and O–H groups in total. The Balaban J connectivity index is 1.72. The minimum absolute atomic E-state index is 0.136. The van der Waals surface area contributed by atoms with Crippen LogP contribution in [0.15, 0.2) is 23.4 Å². The highest BCUT2D eigenvalue weighted by Gasteiger charge is 2.14. The lowest BCUT2D eigenvalue weighted by molar-refractivity contribution is -0.113. The number of aryl methyl sites for hydroxylation is 2. The zero-order valence-electron chi connectivity index (χ0n) is 13.4. The average Bonchev–Trinajstić information content (AvgIpc) is 2.85. The van der Waals surface area contributed by atoms with E-state index in [2.05, 4.69) is 15.3 Å². The molecule has 5 nitrogen and oxygen atoms in total. The van der Waals surface area contributed by atoms with Gasteiger partial charge in [0.05, 0.1) is 26.9 Å².